The summed E-state index contributed by atoms with van der Waals surface area (Å²) in [6.07, 6.45) is 0.652. The van der Waals surface area contributed by atoms with E-state index >= 15 is 0 Å². The smallest absolute Gasteiger partial charge is 0.264 e. The molecule has 32 heavy (non-hydrogen) atoms. The highest BCUT2D eigenvalue weighted by Gasteiger charge is 2.31. The van der Waals surface area contributed by atoms with Gasteiger partial charge in [0.2, 0.25) is 0 Å². The van der Waals surface area contributed by atoms with Crippen molar-refractivity contribution in [2.24, 2.45) is 0 Å². The van der Waals surface area contributed by atoms with Crippen molar-refractivity contribution in [2.45, 2.75) is 17.9 Å². The number of rotatable bonds is 7. The first-order valence-electron chi connectivity index (χ1n) is 10.1. The molecule has 1 heterocycles. The van der Waals surface area contributed by atoms with Crippen molar-refractivity contribution in [2.75, 3.05) is 25.1 Å². The van der Waals surface area contributed by atoms with Gasteiger partial charge in [0.25, 0.3) is 15.9 Å². The quantitative estimate of drug-likeness (QED) is 0.594. The largest absolute Gasteiger partial charge is 0.497 e. The van der Waals surface area contributed by atoms with Gasteiger partial charge >= 0.3 is 0 Å². The van der Waals surface area contributed by atoms with Crippen LogP contribution in [0.25, 0.3) is 0 Å². The molecule has 7 nitrogen and oxygen atoms in total. The van der Waals surface area contributed by atoms with Gasteiger partial charge in [-0.05, 0) is 53.9 Å². The third-order valence-corrected chi connectivity index (χ3v) is 7.24. The number of methoxy groups -OCH3 is 2. The molecular formula is C24H24N2O5S. The molecule has 3 aromatic rings. The third-order valence-electron chi connectivity index (χ3n) is 5.44. The molecule has 0 fully saturated rings. The number of carbonyl (C=O) groups excluding carboxylic acids is 1. The van der Waals surface area contributed by atoms with Crippen molar-refractivity contribution in [1.29, 1.82) is 0 Å². The summed E-state index contributed by atoms with van der Waals surface area (Å²) >= 11 is 0. The summed E-state index contributed by atoms with van der Waals surface area (Å²) in [4.78, 5) is 13.0. The van der Waals surface area contributed by atoms with E-state index in [9.17, 15) is 13.2 Å². The SMILES string of the molecule is COc1cccc(CNC(=O)c2cc(S(=O)(=O)N3CCc4ccccc43)ccc2OC)c1. The Morgan fingerprint density at radius 1 is 1.00 bits per heavy atom. The van der Waals surface area contributed by atoms with Gasteiger partial charge in [-0.3, -0.25) is 9.10 Å². The Kier molecular flexibility index (Phi) is 6.05. The average Bonchev–Trinajstić information content (AvgIpc) is 3.27. The van der Waals surface area contributed by atoms with Gasteiger partial charge in [0.15, 0.2) is 0 Å². The fourth-order valence-electron chi connectivity index (χ4n) is 3.77. The van der Waals surface area contributed by atoms with E-state index in [0.29, 0.717) is 30.2 Å². The molecule has 0 saturated heterocycles. The lowest BCUT2D eigenvalue weighted by Gasteiger charge is -2.20. The maximum Gasteiger partial charge on any atom is 0.264 e. The van der Waals surface area contributed by atoms with Crippen LogP contribution < -0.4 is 19.1 Å². The van der Waals surface area contributed by atoms with Gasteiger partial charge in [-0.1, -0.05) is 30.3 Å². The summed E-state index contributed by atoms with van der Waals surface area (Å²) in [6.45, 7) is 0.626. The fourth-order valence-corrected chi connectivity index (χ4v) is 5.30. The van der Waals surface area contributed by atoms with E-state index in [4.69, 9.17) is 9.47 Å². The zero-order valence-corrected chi connectivity index (χ0v) is 18.7. The minimum atomic E-state index is -3.83. The van der Waals surface area contributed by atoms with Crippen molar-refractivity contribution in [3.63, 3.8) is 0 Å². The molecule has 0 saturated carbocycles. The van der Waals surface area contributed by atoms with E-state index in [1.807, 2.05) is 42.5 Å². The van der Waals surface area contributed by atoms with Crippen LogP contribution >= 0.6 is 0 Å². The summed E-state index contributed by atoms with van der Waals surface area (Å²) in [5, 5.41) is 2.82. The Morgan fingerprint density at radius 3 is 2.59 bits per heavy atom. The average molecular weight is 453 g/mol. The molecule has 0 aliphatic carbocycles. The first kappa shape index (κ1) is 21.7. The first-order chi connectivity index (χ1) is 15.4. The predicted octanol–water partition coefficient (Wildman–Crippen LogP) is 3.39. The van der Waals surface area contributed by atoms with Crippen molar-refractivity contribution < 1.29 is 22.7 Å². The lowest BCUT2D eigenvalue weighted by molar-refractivity contribution is 0.0947. The molecule has 3 aromatic carbocycles. The molecule has 8 heteroatoms. The molecule has 1 aliphatic rings. The molecule has 166 valence electrons. The standard InChI is InChI=1S/C24H24N2O5S/c1-30-19-8-5-6-17(14-19)16-25-24(27)21-15-20(10-11-23(21)31-2)32(28,29)26-13-12-18-7-3-4-9-22(18)26/h3-11,14-15H,12-13,16H2,1-2H3,(H,25,27). The first-order valence-corrected chi connectivity index (χ1v) is 11.6. The van der Waals surface area contributed by atoms with Gasteiger partial charge in [-0.2, -0.15) is 0 Å². The number of carbonyl (C=O) groups is 1. The lowest BCUT2D eigenvalue weighted by Crippen LogP contribution is -2.30. The number of benzene rings is 3. The summed E-state index contributed by atoms with van der Waals surface area (Å²) in [5.74, 6) is 0.561. The van der Waals surface area contributed by atoms with Gasteiger partial charge in [0.05, 0.1) is 30.4 Å². The molecule has 1 aliphatic heterocycles. The van der Waals surface area contributed by atoms with Crippen LogP contribution in [-0.2, 0) is 23.0 Å². The maximum absolute atomic E-state index is 13.4. The van der Waals surface area contributed by atoms with Gasteiger partial charge in [0.1, 0.15) is 11.5 Å². The second-order valence-corrected chi connectivity index (χ2v) is 9.21. The Hall–Kier alpha value is -3.52. The highest BCUT2D eigenvalue weighted by Crippen LogP contribution is 2.34. The molecular weight excluding hydrogens is 428 g/mol. The number of ether oxygens (including phenoxy) is 2. The summed E-state index contributed by atoms with van der Waals surface area (Å²) < 4.78 is 38.6. The summed E-state index contributed by atoms with van der Waals surface area (Å²) in [6, 6.07) is 19.1. The summed E-state index contributed by atoms with van der Waals surface area (Å²) in [7, 11) is -0.808. The monoisotopic (exact) mass is 452 g/mol. The second kappa shape index (κ2) is 8.92. The second-order valence-electron chi connectivity index (χ2n) is 7.35. The molecule has 0 spiro atoms. The van der Waals surface area contributed by atoms with E-state index < -0.39 is 15.9 Å². The van der Waals surface area contributed by atoms with Crippen LogP contribution in [0.15, 0.2) is 71.6 Å². The molecule has 0 atom stereocenters. The van der Waals surface area contributed by atoms with Gasteiger partial charge < -0.3 is 14.8 Å². The number of para-hydroxylation sites is 1. The number of sulfonamides is 1. The number of amides is 1. The van der Waals surface area contributed by atoms with Crippen molar-refractivity contribution >= 4 is 21.6 Å². The lowest BCUT2D eigenvalue weighted by atomic mass is 10.1. The van der Waals surface area contributed by atoms with E-state index in [1.54, 1.807) is 13.2 Å². The van der Waals surface area contributed by atoms with E-state index in [1.165, 1.54) is 29.6 Å². The molecule has 0 bridgehead atoms. The van der Waals surface area contributed by atoms with Crippen LogP contribution in [-0.4, -0.2) is 35.1 Å². The number of hydrogen-bond acceptors (Lipinski definition) is 5. The Bertz CT molecular complexity index is 1260. The normalized spacial score (nSPS) is 12.9. The minimum absolute atomic E-state index is 0.0431. The minimum Gasteiger partial charge on any atom is -0.497 e. The highest BCUT2D eigenvalue weighted by molar-refractivity contribution is 7.92. The zero-order chi connectivity index (χ0) is 22.7. The Balaban J connectivity index is 1.60. The molecule has 1 N–H and O–H groups in total. The zero-order valence-electron chi connectivity index (χ0n) is 17.9. The maximum atomic E-state index is 13.4. The highest BCUT2D eigenvalue weighted by atomic mass is 32.2. The van der Waals surface area contributed by atoms with Crippen LogP contribution in [0.1, 0.15) is 21.5 Å². The molecule has 0 aromatic heterocycles. The van der Waals surface area contributed by atoms with Gasteiger partial charge in [0, 0.05) is 13.1 Å². The molecule has 0 radical (unpaired) electrons. The molecule has 0 unspecified atom stereocenters. The van der Waals surface area contributed by atoms with Crippen LogP contribution in [0.2, 0.25) is 0 Å². The molecule has 4 rings (SSSR count). The van der Waals surface area contributed by atoms with E-state index in [0.717, 1.165) is 11.1 Å². The van der Waals surface area contributed by atoms with Crippen LogP contribution in [0.3, 0.4) is 0 Å². The summed E-state index contributed by atoms with van der Waals surface area (Å²) in [5.41, 5.74) is 2.67. The van der Waals surface area contributed by atoms with Gasteiger partial charge in [-0.25, -0.2) is 8.42 Å². The molecule has 1 amide bonds. The predicted molar refractivity (Wildman–Crippen MR) is 122 cm³/mol. The fraction of sp³-hybridized carbons (Fsp3) is 0.208. The van der Waals surface area contributed by atoms with Crippen LogP contribution in [0.4, 0.5) is 5.69 Å². The number of nitrogens with one attached hydrogen (secondary N) is 1. The number of anilines is 1. The van der Waals surface area contributed by atoms with E-state index in [-0.39, 0.29) is 17.0 Å². The van der Waals surface area contributed by atoms with Crippen molar-refractivity contribution in [1.82, 2.24) is 5.32 Å². The Morgan fingerprint density at radius 2 is 1.81 bits per heavy atom. The number of hydrogen-bond donors (Lipinski definition) is 1. The topological polar surface area (TPSA) is 84.9 Å². The number of fused-ring (bicyclic) bond motifs is 1. The Labute approximate surface area is 187 Å². The number of nitrogens with zero attached hydrogens (tertiary/aromatic N) is 1. The van der Waals surface area contributed by atoms with Gasteiger partial charge in [-0.15, -0.1) is 0 Å². The van der Waals surface area contributed by atoms with Crippen LogP contribution in [0.5, 0.6) is 11.5 Å². The van der Waals surface area contributed by atoms with Crippen LogP contribution in [0, 0.1) is 0 Å². The van der Waals surface area contributed by atoms with Crippen molar-refractivity contribution in [3.8, 4) is 11.5 Å². The third kappa shape index (κ3) is 4.13. The van der Waals surface area contributed by atoms with Crippen molar-refractivity contribution in [3.05, 3.63) is 83.4 Å². The van der Waals surface area contributed by atoms with E-state index in [2.05, 4.69) is 5.32 Å².